The number of rotatable bonds is 5. The average molecular weight is 252 g/mol. The van der Waals surface area contributed by atoms with Gasteiger partial charge in [-0.3, -0.25) is 0 Å². The van der Waals surface area contributed by atoms with Crippen molar-refractivity contribution in [3.8, 4) is 0 Å². The summed E-state index contributed by atoms with van der Waals surface area (Å²) < 4.78 is 5.23. The molecular formula is C11H12N2O3S. The maximum absolute atomic E-state index is 10.9. The van der Waals surface area contributed by atoms with Crippen molar-refractivity contribution in [3.05, 3.63) is 35.4 Å². The molecule has 0 saturated heterocycles. The summed E-state index contributed by atoms with van der Waals surface area (Å²) in [4.78, 5) is 14.7. The molecule has 0 spiro atoms. The van der Waals surface area contributed by atoms with Gasteiger partial charge in [0.2, 0.25) is 0 Å². The fourth-order valence-electron chi connectivity index (χ4n) is 1.51. The van der Waals surface area contributed by atoms with E-state index in [4.69, 9.17) is 9.52 Å². The molecule has 2 aromatic rings. The lowest BCUT2D eigenvalue weighted by molar-refractivity contribution is 0.0692. The van der Waals surface area contributed by atoms with Crippen molar-refractivity contribution >= 4 is 22.3 Å². The second-order valence-corrected chi connectivity index (χ2v) is 4.52. The van der Waals surface area contributed by atoms with E-state index in [9.17, 15) is 4.79 Å². The van der Waals surface area contributed by atoms with Gasteiger partial charge in [-0.25, -0.2) is 9.78 Å². The van der Waals surface area contributed by atoms with Crippen molar-refractivity contribution in [3.63, 3.8) is 0 Å². The van der Waals surface area contributed by atoms with E-state index in [1.54, 1.807) is 6.26 Å². The third-order valence-corrected chi connectivity index (χ3v) is 2.99. The van der Waals surface area contributed by atoms with Crippen molar-refractivity contribution in [2.45, 2.75) is 19.4 Å². The minimum atomic E-state index is -1.01. The number of hydrogen-bond acceptors (Lipinski definition) is 5. The minimum Gasteiger partial charge on any atom is -0.476 e. The topological polar surface area (TPSA) is 75.4 Å². The number of furan rings is 1. The molecule has 1 unspecified atom stereocenters. The van der Waals surface area contributed by atoms with E-state index in [0.717, 1.165) is 5.76 Å². The number of aromatic carboxylic acids is 1. The lowest BCUT2D eigenvalue weighted by Crippen LogP contribution is -2.18. The van der Waals surface area contributed by atoms with Crippen LogP contribution in [0.15, 0.2) is 28.3 Å². The highest BCUT2D eigenvalue weighted by Gasteiger charge is 2.15. The van der Waals surface area contributed by atoms with Gasteiger partial charge in [-0.1, -0.05) is 0 Å². The molecule has 6 heteroatoms. The SMILES string of the molecule is CC(Cc1ccco1)Nc1scnc1C(=O)O. The van der Waals surface area contributed by atoms with Crippen LogP contribution in [-0.2, 0) is 6.42 Å². The number of nitrogens with one attached hydrogen (secondary N) is 1. The Morgan fingerprint density at radius 1 is 1.71 bits per heavy atom. The maximum atomic E-state index is 10.9. The Balaban J connectivity index is 2.00. The van der Waals surface area contributed by atoms with Gasteiger partial charge in [0.1, 0.15) is 10.8 Å². The highest BCUT2D eigenvalue weighted by Crippen LogP contribution is 2.21. The molecule has 90 valence electrons. The molecule has 0 amide bonds. The van der Waals surface area contributed by atoms with Crippen LogP contribution < -0.4 is 5.32 Å². The van der Waals surface area contributed by atoms with Gasteiger partial charge in [0, 0.05) is 12.5 Å². The summed E-state index contributed by atoms with van der Waals surface area (Å²) in [5.41, 5.74) is 1.59. The Morgan fingerprint density at radius 2 is 2.53 bits per heavy atom. The molecule has 2 rings (SSSR count). The first kappa shape index (κ1) is 11.7. The average Bonchev–Trinajstić information content (AvgIpc) is 2.88. The second-order valence-electron chi connectivity index (χ2n) is 3.66. The summed E-state index contributed by atoms with van der Waals surface area (Å²) >= 11 is 1.29. The number of nitrogens with zero attached hydrogens (tertiary/aromatic N) is 1. The number of carbonyl (C=O) groups is 1. The maximum Gasteiger partial charge on any atom is 0.357 e. The number of thiazole rings is 1. The van der Waals surface area contributed by atoms with E-state index in [-0.39, 0.29) is 11.7 Å². The first-order valence-corrected chi connectivity index (χ1v) is 6.00. The molecule has 2 aromatic heterocycles. The summed E-state index contributed by atoms with van der Waals surface area (Å²) in [6.07, 6.45) is 2.32. The lowest BCUT2D eigenvalue weighted by Gasteiger charge is -2.12. The van der Waals surface area contributed by atoms with Crippen molar-refractivity contribution < 1.29 is 14.3 Å². The van der Waals surface area contributed by atoms with Gasteiger partial charge < -0.3 is 14.8 Å². The number of aromatic nitrogens is 1. The number of hydrogen-bond donors (Lipinski definition) is 2. The van der Waals surface area contributed by atoms with Gasteiger partial charge in [0.15, 0.2) is 5.69 Å². The predicted octanol–water partition coefficient (Wildman–Crippen LogP) is 2.48. The largest absolute Gasteiger partial charge is 0.476 e. The van der Waals surface area contributed by atoms with Crippen LogP contribution in [0.2, 0.25) is 0 Å². The molecular weight excluding hydrogens is 240 g/mol. The Kier molecular flexibility index (Phi) is 3.43. The van der Waals surface area contributed by atoms with E-state index in [2.05, 4.69) is 10.3 Å². The zero-order chi connectivity index (χ0) is 12.3. The molecule has 0 saturated carbocycles. The molecule has 5 nitrogen and oxygen atoms in total. The standard InChI is InChI=1S/C11H12N2O3S/c1-7(5-8-3-2-4-16-8)13-10-9(11(14)15)12-6-17-10/h2-4,6-7,13H,5H2,1H3,(H,14,15). The summed E-state index contributed by atoms with van der Waals surface area (Å²) in [6, 6.07) is 3.81. The first-order valence-electron chi connectivity index (χ1n) is 5.12. The van der Waals surface area contributed by atoms with E-state index in [1.807, 2.05) is 19.1 Å². The first-order chi connectivity index (χ1) is 8.16. The van der Waals surface area contributed by atoms with Gasteiger partial charge in [-0.05, 0) is 19.1 Å². The number of anilines is 1. The molecule has 2 heterocycles. The van der Waals surface area contributed by atoms with E-state index in [0.29, 0.717) is 11.4 Å². The summed E-state index contributed by atoms with van der Waals surface area (Å²) in [5, 5.41) is 12.6. The van der Waals surface area contributed by atoms with Gasteiger partial charge in [-0.2, -0.15) is 0 Å². The summed E-state index contributed by atoms with van der Waals surface area (Å²) in [7, 11) is 0. The molecule has 0 radical (unpaired) electrons. The number of carboxylic acid groups (broad SMARTS) is 1. The molecule has 17 heavy (non-hydrogen) atoms. The van der Waals surface area contributed by atoms with Gasteiger partial charge in [0.25, 0.3) is 0 Å². The van der Waals surface area contributed by atoms with E-state index in [1.165, 1.54) is 16.8 Å². The van der Waals surface area contributed by atoms with Crippen molar-refractivity contribution in [1.29, 1.82) is 0 Å². The minimum absolute atomic E-state index is 0.0706. The van der Waals surface area contributed by atoms with Crippen LogP contribution in [0.3, 0.4) is 0 Å². The fourth-order valence-corrected chi connectivity index (χ4v) is 2.29. The van der Waals surface area contributed by atoms with Gasteiger partial charge >= 0.3 is 5.97 Å². The highest BCUT2D eigenvalue weighted by molar-refractivity contribution is 7.14. The Hall–Kier alpha value is -1.82. The normalized spacial score (nSPS) is 12.3. The molecule has 0 fully saturated rings. The number of carboxylic acids is 1. The van der Waals surface area contributed by atoms with Crippen LogP contribution in [0.1, 0.15) is 23.2 Å². The third-order valence-electron chi connectivity index (χ3n) is 2.23. The summed E-state index contributed by atoms with van der Waals surface area (Å²) in [6.45, 7) is 1.97. The van der Waals surface area contributed by atoms with E-state index >= 15 is 0 Å². The third kappa shape index (κ3) is 2.85. The fraction of sp³-hybridized carbons (Fsp3) is 0.273. The molecule has 0 aliphatic carbocycles. The van der Waals surface area contributed by atoms with E-state index < -0.39 is 5.97 Å². The Morgan fingerprint density at radius 3 is 3.18 bits per heavy atom. The predicted molar refractivity (Wildman–Crippen MR) is 64.6 cm³/mol. The quantitative estimate of drug-likeness (QED) is 0.855. The van der Waals surface area contributed by atoms with Crippen LogP contribution in [0.4, 0.5) is 5.00 Å². The van der Waals surface area contributed by atoms with Gasteiger partial charge in [-0.15, -0.1) is 11.3 Å². The smallest absolute Gasteiger partial charge is 0.357 e. The van der Waals surface area contributed by atoms with Crippen molar-refractivity contribution in [2.24, 2.45) is 0 Å². The molecule has 0 bridgehead atoms. The van der Waals surface area contributed by atoms with Crippen LogP contribution in [0, 0.1) is 0 Å². The zero-order valence-electron chi connectivity index (χ0n) is 9.21. The molecule has 1 atom stereocenters. The zero-order valence-corrected chi connectivity index (χ0v) is 10.0. The van der Waals surface area contributed by atoms with Crippen LogP contribution >= 0.6 is 11.3 Å². The Labute approximate surface area is 102 Å². The Bertz CT molecular complexity index is 493. The monoisotopic (exact) mass is 252 g/mol. The molecule has 0 aliphatic heterocycles. The van der Waals surface area contributed by atoms with Crippen molar-refractivity contribution in [1.82, 2.24) is 4.98 Å². The summed E-state index contributed by atoms with van der Waals surface area (Å²) in [5.74, 6) is -0.148. The lowest BCUT2D eigenvalue weighted by atomic mass is 10.2. The molecule has 0 aliphatic rings. The molecule has 0 aromatic carbocycles. The van der Waals surface area contributed by atoms with Crippen LogP contribution in [0.5, 0.6) is 0 Å². The molecule has 2 N–H and O–H groups in total. The second kappa shape index (κ2) is 5.01. The van der Waals surface area contributed by atoms with Crippen LogP contribution in [0.25, 0.3) is 0 Å². The highest BCUT2D eigenvalue weighted by atomic mass is 32.1. The van der Waals surface area contributed by atoms with Crippen molar-refractivity contribution in [2.75, 3.05) is 5.32 Å². The van der Waals surface area contributed by atoms with Gasteiger partial charge in [0.05, 0.1) is 11.8 Å². The van der Waals surface area contributed by atoms with Crippen LogP contribution in [-0.4, -0.2) is 22.1 Å².